The number of hydrogen-bond acceptors (Lipinski definition) is 3. The van der Waals surface area contributed by atoms with Gasteiger partial charge in [-0.05, 0) is 24.8 Å². The number of carbonyl (C=O) groups is 1. The van der Waals surface area contributed by atoms with Crippen molar-refractivity contribution < 1.29 is 9.53 Å². The molecular weight excluding hydrogens is 214 g/mol. The molecule has 1 aromatic rings. The van der Waals surface area contributed by atoms with E-state index in [2.05, 4.69) is 36.5 Å². The van der Waals surface area contributed by atoms with Crippen LogP contribution in [-0.4, -0.2) is 26.2 Å². The summed E-state index contributed by atoms with van der Waals surface area (Å²) >= 11 is 0. The maximum Gasteiger partial charge on any atom is 0.309 e. The average molecular weight is 233 g/mol. The number of ether oxygens (including phenoxy) is 1. The molecule has 1 aliphatic heterocycles. The average Bonchev–Trinajstić information content (AvgIpc) is 2.38. The van der Waals surface area contributed by atoms with Crippen LogP contribution >= 0.6 is 0 Å². The number of aryl methyl sites for hydroxylation is 1. The molecule has 1 aliphatic rings. The van der Waals surface area contributed by atoms with Gasteiger partial charge in [0.15, 0.2) is 0 Å². The fraction of sp³-hybridized carbons (Fsp3) is 0.500. The second-order valence-corrected chi connectivity index (χ2v) is 4.73. The number of nitrogens with one attached hydrogen (secondary N) is 1. The maximum absolute atomic E-state index is 11.5. The van der Waals surface area contributed by atoms with Crippen molar-refractivity contribution in [2.45, 2.75) is 19.3 Å². The van der Waals surface area contributed by atoms with Crippen molar-refractivity contribution in [3.8, 4) is 0 Å². The van der Waals surface area contributed by atoms with Gasteiger partial charge in [0, 0.05) is 13.1 Å². The number of methoxy groups -OCH3 is 1. The summed E-state index contributed by atoms with van der Waals surface area (Å²) < 4.78 is 4.82. The highest BCUT2D eigenvalue weighted by Gasteiger charge is 2.28. The molecule has 3 heteroatoms. The van der Waals surface area contributed by atoms with Crippen LogP contribution in [0.4, 0.5) is 0 Å². The molecule has 0 aromatic heterocycles. The minimum absolute atomic E-state index is 0.0146. The van der Waals surface area contributed by atoms with E-state index in [1.54, 1.807) is 0 Å². The summed E-state index contributed by atoms with van der Waals surface area (Å²) in [4.78, 5) is 11.5. The molecule has 2 rings (SSSR count). The van der Waals surface area contributed by atoms with Crippen molar-refractivity contribution >= 4 is 5.97 Å². The first kappa shape index (κ1) is 12.1. The van der Waals surface area contributed by atoms with Gasteiger partial charge in [-0.1, -0.05) is 29.8 Å². The van der Waals surface area contributed by atoms with Crippen molar-refractivity contribution in [2.24, 2.45) is 5.92 Å². The van der Waals surface area contributed by atoms with E-state index < -0.39 is 0 Å². The lowest BCUT2D eigenvalue weighted by atomic mass is 9.85. The third kappa shape index (κ3) is 2.86. The summed E-state index contributed by atoms with van der Waals surface area (Å²) in [6.07, 6.45) is 0.878. The molecule has 0 aliphatic carbocycles. The van der Waals surface area contributed by atoms with Gasteiger partial charge in [-0.3, -0.25) is 4.79 Å². The summed E-state index contributed by atoms with van der Waals surface area (Å²) in [7, 11) is 1.46. The monoisotopic (exact) mass is 233 g/mol. The fourth-order valence-corrected chi connectivity index (χ4v) is 2.47. The topological polar surface area (TPSA) is 38.3 Å². The SMILES string of the molecule is COC(=O)[C@@H]1CNC[C@H](c2cccc(C)c2)C1. The Hall–Kier alpha value is -1.35. The number of hydrogen-bond donors (Lipinski definition) is 1. The van der Waals surface area contributed by atoms with Crippen LogP contribution in [0.1, 0.15) is 23.5 Å². The van der Waals surface area contributed by atoms with Crippen LogP contribution in [0.25, 0.3) is 0 Å². The maximum atomic E-state index is 11.5. The van der Waals surface area contributed by atoms with Crippen LogP contribution in [0.2, 0.25) is 0 Å². The van der Waals surface area contributed by atoms with Crippen LogP contribution in [-0.2, 0) is 9.53 Å². The number of benzene rings is 1. The summed E-state index contributed by atoms with van der Waals surface area (Å²) in [6, 6.07) is 8.51. The molecule has 0 unspecified atom stereocenters. The number of esters is 1. The third-order valence-electron chi connectivity index (χ3n) is 3.40. The molecular formula is C14H19NO2. The van der Waals surface area contributed by atoms with Gasteiger partial charge in [-0.25, -0.2) is 0 Å². The fourth-order valence-electron chi connectivity index (χ4n) is 2.47. The second kappa shape index (κ2) is 5.32. The summed E-state index contributed by atoms with van der Waals surface area (Å²) in [5, 5.41) is 3.32. The Balaban J connectivity index is 2.09. The first-order chi connectivity index (χ1) is 8.20. The smallest absolute Gasteiger partial charge is 0.309 e. The predicted octanol–water partition coefficient (Wildman–Crippen LogP) is 1.86. The molecule has 0 radical (unpaired) electrons. The molecule has 1 heterocycles. The van der Waals surface area contributed by atoms with Crippen LogP contribution in [0.15, 0.2) is 24.3 Å². The standard InChI is InChI=1S/C14H19NO2/c1-10-4-3-5-11(6-10)12-7-13(9-15-8-12)14(16)17-2/h3-6,12-13,15H,7-9H2,1-2H3/t12-,13+/m1/s1. The zero-order chi connectivity index (χ0) is 12.3. The molecule has 1 saturated heterocycles. The Morgan fingerprint density at radius 2 is 2.24 bits per heavy atom. The van der Waals surface area contributed by atoms with E-state index in [0.717, 1.165) is 19.5 Å². The molecule has 1 N–H and O–H groups in total. The molecule has 2 atom stereocenters. The highest BCUT2D eigenvalue weighted by molar-refractivity contribution is 5.72. The van der Waals surface area contributed by atoms with Crippen molar-refractivity contribution in [3.05, 3.63) is 35.4 Å². The minimum atomic E-state index is -0.102. The largest absolute Gasteiger partial charge is 0.469 e. The van der Waals surface area contributed by atoms with Crippen LogP contribution in [0, 0.1) is 12.8 Å². The molecule has 0 bridgehead atoms. The van der Waals surface area contributed by atoms with E-state index in [0.29, 0.717) is 5.92 Å². The Labute approximate surface area is 102 Å². The molecule has 92 valence electrons. The normalized spacial score (nSPS) is 24.4. The molecule has 0 spiro atoms. The second-order valence-electron chi connectivity index (χ2n) is 4.73. The van der Waals surface area contributed by atoms with E-state index >= 15 is 0 Å². The van der Waals surface area contributed by atoms with E-state index in [1.807, 2.05) is 0 Å². The van der Waals surface area contributed by atoms with Gasteiger partial charge < -0.3 is 10.1 Å². The van der Waals surface area contributed by atoms with Crippen LogP contribution < -0.4 is 5.32 Å². The third-order valence-corrected chi connectivity index (χ3v) is 3.40. The summed E-state index contributed by atoms with van der Waals surface area (Å²) in [6.45, 7) is 3.77. The molecule has 0 amide bonds. The lowest BCUT2D eigenvalue weighted by Crippen LogP contribution is -2.39. The van der Waals surface area contributed by atoms with Gasteiger partial charge in [-0.15, -0.1) is 0 Å². The zero-order valence-electron chi connectivity index (χ0n) is 10.4. The Morgan fingerprint density at radius 3 is 2.94 bits per heavy atom. The Kier molecular flexibility index (Phi) is 3.79. The molecule has 17 heavy (non-hydrogen) atoms. The zero-order valence-corrected chi connectivity index (χ0v) is 10.4. The van der Waals surface area contributed by atoms with Crippen molar-refractivity contribution in [2.75, 3.05) is 20.2 Å². The van der Waals surface area contributed by atoms with E-state index in [1.165, 1.54) is 18.2 Å². The van der Waals surface area contributed by atoms with E-state index in [9.17, 15) is 4.79 Å². The number of piperidine rings is 1. The van der Waals surface area contributed by atoms with Gasteiger partial charge in [0.1, 0.15) is 0 Å². The molecule has 1 fully saturated rings. The Morgan fingerprint density at radius 1 is 1.41 bits per heavy atom. The van der Waals surface area contributed by atoms with Crippen molar-refractivity contribution in [3.63, 3.8) is 0 Å². The first-order valence-electron chi connectivity index (χ1n) is 6.06. The first-order valence-corrected chi connectivity index (χ1v) is 6.06. The van der Waals surface area contributed by atoms with E-state index in [-0.39, 0.29) is 11.9 Å². The Bertz CT molecular complexity index is 403. The molecule has 1 aromatic carbocycles. The number of rotatable bonds is 2. The van der Waals surface area contributed by atoms with Crippen molar-refractivity contribution in [1.82, 2.24) is 5.32 Å². The summed E-state index contributed by atoms with van der Waals surface area (Å²) in [5.74, 6) is 0.293. The van der Waals surface area contributed by atoms with Crippen molar-refractivity contribution in [1.29, 1.82) is 0 Å². The van der Waals surface area contributed by atoms with Gasteiger partial charge in [0.25, 0.3) is 0 Å². The van der Waals surface area contributed by atoms with Gasteiger partial charge in [0.05, 0.1) is 13.0 Å². The van der Waals surface area contributed by atoms with Gasteiger partial charge >= 0.3 is 5.97 Å². The van der Waals surface area contributed by atoms with E-state index in [4.69, 9.17) is 4.74 Å². The quantitative estimate of drug-likeness (QED) is 0.792. The summed E-state index contributed by atoms with van der Waals surface area (Å²) in [5.41, 5.74) is 2.58. The highest BCUT2D eigenvalue weighted by atomic mass is 16.5. The minimum Gasteiger partial charge on any atom is -0.469 e. The van der Waals surface area contributed by atoms with Crippen LogP contribution in [0.5, 0.6) is 0 Å². The molecule has 3 nitrogen and oxygen atoms in total. The highest BCUT2D eigenvalue weighted by Crippen LogP contribution is 2.27. The number of carbonyl (C=O) groups excluding carboxylic acids is 1. The lowest BCUT2D eigenvalue weighted by Gasteiger charge is -2.28. The lowest BCUT2D eigenvalue weighted by molar-refractivity contribution is -0.146. The van der Waals surface area contributed by atoms with Gasteiger partial charge in [-0.2, -0.15) is 0 Å². The van der Waals surface area contributed by atoms with Crippen LogP contribution in [0.3, 0.4) is 0 Å². The predicted molar refractivity (Wildman–Crippen MR) is 66.9 cm³/mol. The van der Waals surface area contributed by atoms with Gasteiger partial charge in [0.2, 0.25) is 0 Å². The molecule has 0 saturated carbocycles.